The molecule has 0 unspecified atom stereocenters. The Labute approximate surface area is 200 Å². The zero-order chi connectivity index (χ0) is 24.1. The summed E-state index contributed by atoms with van der Waals surface area (Å²) in [5.41, 5.74) is 1.25. The standard InChI is InChI=1S/C28H31FN2O3/c1-20(2)18-28(33)15-16-31(19-26(28)34-24-13-11-22(29)12-14-24)27(32)25-10-6-9-23(30-25)17-21-7-4-3-5-8-21/h3-14,20,26,33H,15-19H2,1-2H3/t26-,28+/m0/s1. The summed E-state index contributed by atoms with van der Waals surface area (Å²) in [6.07, 6.45) is 0.954. The van der Waals surface area contributed by atoms with Crippen molar-refractivity contribution in [1.29, 1.82) is 0 Å². The number of rotatable bonds is 7. The fourth-order valence-electron chi connectivity index (χ4n) is 4.56. The minimum atomic E-state index is -1.08. The van der Waals surface area contributed by atoms with E-state index in [0.29, 0.717) is 37.3 Å². The van der Waals surface area contributed by atoms with Gasteiger partial charge in [-0.3, -0.25) is 4.79 Å². The molecule has 1 amide bonds. The first-order chi connectivity index (χ1) is 16.3. The number of aliphatic hydroxyl groups is 1. The van der Waals surface area contributed by atoms with Crippen molar-refractivity contribution in [3.05, 3.63) is 95.6 Å². The van der Waals surface area contributed by atoms with Crippen molar-refractivity contribution in [3.8, 4) is 5.75 Å². The summed E-state index contributed by atoms with van der Waals surface area (Å²) < 4.78 is 19.5. The third kappa shape index (κ3) is 5.81. The molecule has 3 aromatic rings. The van der Waals surface area contributed by atoms with Crippen molar-refractivity contribution in [3.63, 3.8) is 0 Å². The fourth-order valence-corrected chi connectivity index (χ4v) is 4.56. The van der Waals surface area contributed by atoms with E-state index in [4.69, 9.17) is 4.74 Å². The van der Waals surface area contributed by atoms with E-state index in [2.05, 4.69) is 4.98 Å². The number of benzene rings is 2. The number of hydrogen-bond acceptors (Lipinski definition) is 4. The second-order valence-corrected chi connectivity index (χ2v) is 9.44. The van der Waals surface area contributed by atoms with Gasteiger partial charge >= 0.3 is 0 Å². The molecule has 0 bridgehead atoms. The van der Waals surface area contributed by atoms with Crippen LogP contribution in [0.5, 0.6) is 5.75 Å². The Bertz CT molecular complexity index is 1100. The first-order valence-electron chi connectivity index (χ1n) is 11.8. The molecule has 4 rings (SSSR count). The molecule has 0 aliphatic carbocycles. The number of aromatic nitrogens is 1. The molecule has 1 N–H and O–H groups in total. The Kier molecular flexibility index (Phi) is 7.27. The maximum atomic E-state index is 13.4. The third-order valence-electron chi connectivity index (χ3n) is 6.20. The highest BCUT2D eigenvalue weighted by atomic mass is 19.1. The van der Waals surface area contributed by atoms with Gasteiger partial charge in [0, 0.05) is 18.7 Å². The predicted molar refractivity (Wildman–Crippen MR) is 129 cm³/mol. The Morgan fingerprint density at radius 3 is 2.56 bits per heavy atom. The third-order valence-corrected chi connectivity index (χ3v) is 6.20. The summed E-state index contributed by atoms with van der Waals surface area (Å²) in [5.74, 6) is 0.176. The quantitative estimate of drug-likeness (QED) is 0.544. The van der Waals surface area contributed by atoms with Crippen LogP contribution in [0.2, 0.25) is 0 Å². The molecule has 34 heavy (non-hydrogen) atoms. The summed E-state index contributed by atoms with van der Waals surface area (Å²) in [5, 5.41) is 11.4. The number of ether oxygens (including phenoxy) is 1. The number of pyridine rings is 1. The summed E-state index contributed by atoms with van der Waals surface area (Å²) in [6, 6.07) is 21.2. The number of likely N-dealkylation sites (tertiary alicyclic amines) is 1. The van der Waals surface area contributed by atoms with Gasteiger partial charge < -0.3 is 14.7 Å². The van der Waals surface area contributed by atoms with Gasteiger partial charge in [0.15, 0.2) is 0 Å². The van der Waals surface area contributed by atoms with Crippen LogP contribution in [0.15, 0.2) is 72.8 Å². The van der Waals surface area contributed by atoms with Crippen molar-refractivity contribution in [2.24, 2.45) is 5.92 Å². The normalized spacial score (nSPS) is 20.4. The van der Waals surface area contributed by atoms with Crippen LogP contribution in [0, 0.1) is 11.7 Å². The van der Waals surface area contributed by atoms with Crippen molar-refractivity contribution >= 4 is 5.91 Å². The lowest BCUT2D eigenvalue weighted by atomic mass is 9.81. The van der Waals surface area contributed by atoms with Crippen LogP contribution in [0.1, 0.15) is 48.4 Å². The highest BCUT2D eigenvalue weighted by molar-refractivity contribution is 5.92. The zero-order valence-corrected chi connectivity index (χ0v) is 19.7. The molecular formula is C28H31FN2O3. The van der Waals surface area contributed by atoms with Gasteiger partial charge in [-0.1, -0.05) is 50.2 Å². The first kappa shape index (κ1) is 23.9. The van der Waals surface area contributed by atoms with E-state index < -0.39 is 11.7 Å². The number of hydrogen-bond donors (Lipinski definition) is 1. The molecule has 5 nitrogen and oxygen atoms in total. The lowest BCUT2D eigenvalue weighted by Gasteiger charge is -2.45. The zero-order valence-electron chi connectivity index (χ0n) is 19.7. The molecule has 2 heterocycles. The number of carbonyl (C=O) groups is 1. The molecule has 6 heteroatoms. The fraction of sp³-hybridized carbons (Fsp3) is 0.357. The molecule has 178 valence electrons. The summed E-state index contributed by atoms with van der Waals surface area (Å²) in [4.78, 5) is 19.7. The van der Waals surface area contributed by atoms with Crippen molar-refractivity contribution < 1.29 is 19.0 Å². The van der Waals surface area contributed by atoms with Crippen LogP contribution >= 0.6 is 0 Å². The van der Waals surface area contributed by atoms with E-state index >= 15 is 0 Å². The summed E-state index contributed by atoms with van der Waals surface area (Å²) in [6.45, 7) is 4.74. The molecule has 2 aromatic carbocycles. The van der Waals surface area contributed by atoms with E-state index in [1.54, 1.807) is 23.1 Å². The van der Waals surface area contributed by atoms with Gasteiger partial charge in [0.05, 0.1) is 6.54 Å². The second-order valence-electron chi connectivity index (χ2n) is 9.44. The molecule has 2 atom stereocenters. The lowest BCUT2D eigenvalue weighted by molar-refractivity contribution is -0.111. The summed E-state index contributed by atoms with van der Waals surface area (Å²) in [7, 11) is 0. The van der Waals surface area contributed by atoms with Gasteiger partial charge in [0.1, 0.15) is 29.0 Å². The number of amides is 1. The Morgan fingerprint density at radius 1 is 1.12 bits per heavy atom. The van der Waals surface area contributed by atoms with E-state index in [0.717, 1.165) is 11.3 Å². The van der Waals surface area contributed by atoms with Gasteiger partial charge in [-0.25, -0.2) is 9.37 Å². The highest BCUT2D eigenvalue weighted by Crippen LogP contribution is 2.33. The number of nitrogens with zero attached hydrogens (tertiary/aromatic N) is 2. The highest BCUT2D eigenvalue weighted by Gasteiger charge is 2.45. The van der Waals surface area contributed by atoms with Crippen LogP contribution < -0.4 is 4.74 Å². The minimum absolute atomic E-state index is 0.186. The van der Waals surface area contributed by atoms with Crippen LogP contribution in [0.3, 0.4) is 0 Å². The van der Waals surface area contributed by atoms with Crippen LogP contribution in [-0.4, -0.2) is 45.7 Å². The summed E-state index contributed by atoms with van der Waals surface area (Å²) >= 11 is 0. The minimum Gasteiger partial charge on any atom is -0.486 e. The van der Waals surface area contributed by atoms with E-state index in [1.165, 1.54) is 12.1 Å². The van der Waals surface area contributed by atoms with Crippen LogP contribution in [-0.2, 0) is 6.42 Å². The van der Waals surface area contributed by atoms with Gasteiger partial charge in [0.2, 0.25) is 0 Å². The van der Waals surface area contributed by atoms with E-state index in [-0.39, 0.29) is 24.2 Å². The van der Waals surface area contributed by atoms with Crippen molar-refractivity contribution in [2.75, 3.05) is 13.1 Å². The molecule has 0 saturated carbocycles. The average Bonchev–Trinajstić information content (AvgIpc) is 2.82. The number of halogens is 1. The van der Waals surface area contributed by atoms with Crippen molar-refractivity contribution in [1.82, 2.24) is 9.88 Å². The molecule has 0 spiro atoms. The van der Waals surface area contributed by atoms with Gasteiger partial charge in [0.25, 0.3) is 5.91 Å². The number of piperidine rings is 1. The monoisotopic (exact) mass is 462 g/mol. The maximum absolute atomic E-state index is 13.4. The first-order valence-corrected chi connectivity index (χ1v) is 11.8. The molecule has 1 aromatic heterocycles. The molecule has 1 saturated heterocycles. The molecule has 1 aliphatic heterocycles. The molecule has 0 radical (unpaired) electrons. The SMILES string of the molecule is CC(C)C[C@]1(O)CCN(C(=O)c2cccc(Cc3ccccc3)n2)C[C@@H]1Oc1ccc(F)cc1. The van der Waals surface area contributed by atoms with Crippen LogP contribution in [0.25, 0.3) is 0 Å². The largest absolute Gasteiger partial charge is 0.486 e. The molecular weight excluding hydrogens is 431 g/mol. The Morgan fingerprint density at radius 2 is 1.85 bits per heavy atom. The van der Waals surface area contributed by atoms with E-state index in [9.17, 15) is 14.3 Å². The van der Waals surface area contributed by atoms with Crippen molar-refractivity contribution in [2.45, 2.75) is 44.8 Å². The van der Waals surface area contributed by atoms with Gasteiger partial charge in [-0.2, -0.15) is 0 Å². The average molecular weight is 463 g/mol. The Balaban J connectivity index is 1.52. The Hall–Kier alpha value is -3.25. The van der Waals surface area contributed by atoms with Gasteiger partial charge in [-0.15, -0.1) is 0 Å². The molecule has 1 fully saturated rings. The lowest BCUT2D eigenvalue weighted by Crippen LogP contribution is -2.59. The second kappa shape index (κ2) is 10.3. The van der Waals surface area contributed by atoms with Gasteiger partial charge in [-0.05, 0) is 60.7 Å². The predicted octanol–water partition coefficient (Wildman–Crippen LogP) is 4.88. The maximum Gasteiger partial charge on any atom is 0.272 e. The molecule has 1 aliphatic rings. The topological polar surface area (TPSA) is 62.7 Å². The van der Waals surface area contributed by atoms with Crippen LogP contribution in [0.4, 0.5) is 4.39 Å². The van der Waals surface area contributed by atoms with E-state index in [1.807, 2.05) is 56.3 Å². The smallest absolute Gasteiger partial charge is 0.272 e. The number of carbonyl (C=O) groups excluding carboxylic acids is 1.